The van der Waals surface area contributed by atoms with Crippen LogP contribution in [0.3, 0.4) is 0 Å². The Bertz CT molecular complexity index is 491. The van der Waals surface area contributed by atoms with Gasteiger partial charge < -0.3 is 9.88 Å². The normalized spacial score (nSPS) is 10.2. The van der Waals surface area contributed by atoms with Crippen molar-refractivity contribution >= 4 is 11.7 Å². The first-order valence-electron chi connectivity index (χ1n) is 5.58. The molecule has 2 heterocycles. The Morgan fingerprint density at radius 1 is 1.29 bits per heavy atom. The molecule has 0 bridgehead atoms. The molecule has 0 fully saturated rings. The minimum atomic E-state index is -0.0169. The number of hydrogen-bond acceptors (Lipinski definition) is 2. The zero-order chi connectivity index (χ0) is 12.1. The van der Waals surface area contributed by atoms with Crippen molar-refractivity contribution < 1.29 is 4.79 Å². The Hall–Kier alpha value is -2.10. The molecule has 0 saturated heterocycles. The topological polar surface area (TPSA) is 46.9 Å². The van der Waals surface area contributed by atoms with Crippen molar-refractivity contribution in [3.8, 4) is 0 Å². The number of pyridine rings is 1. The number of carbonyl (C=O) groups excluding carboxylic acids is 1. The summed E-state index contributed by atoms with van der Waals surface area (Å²) in [5.41, 5.74) is 0.896. The zero-order valence-electron chi connectivity index (χ0n) is 9.76. The van der Waals surface area contributed by atoms with E-state index in [0.29, 0.717) is 18.8 Å². The highest BCUT2D eigenvalue weighted by atomic mass is 16.1. The lowest BCUT2D eigenvalue weighted by Crippen LogP contribution is -2.15. The molecule has 88 valence electrons. The van der Waals surface area contributed by atoms with Crippen LogP contribution in [-0.4, -0.2) is 15.5 Å². The molecule has 0 aliphatic carbocycles. The first kappa shape index (κ1) is 11.4. The number of aromatic nitrogens is 2. The van der Waals surface area contributed by atoms with Crippen LogP contribution >= 0.6 is 0 Å². The van der Waals surface area contributed by atoms with Crippen molar-refractivity contribution in [2.75, 3.05) is 5.32 Å². The molecule has 0 aliphatic heterocycles. The van der Waals surface area contributed by atoms with Gasteiger partial charge in [-0.1, -0.05) is 6.07 Å². The van der Waals surface area contributed by atoms with Gasteiger partial charge in [0.1, 0.15) is 5.82 Å². The van der Waals surface area contributed by atoms with Gasteiger partial charge in [-0.25, -0.2) is 4.98 Å². The van der Waals surface area contributed by atoms with Crippen LogP contribution in [-0.2, 0) is 11.3 Å². The second-order valence-electron chi connectivity index (χ2n) is 3.88. The van der Waals surface area contributed by atoms with E-state index in [0.717, 1.165) is 5.69 Å². The van der Waals surface area contributed by atoms with Crippen LogP contribution < -0.4 is 5.32 Å². The predicted molar refractivity (Wildman–Crippen MR) is 66.7 cm³/mol. The molecule has 0 atom stereocenters. The van der Waals surface area contributed by atoms with E-state index in [2.05, 4.69) is 10.3 Å². The van der Waals surface area contributed by atoms with Gasteiger partial charge in [0.15, 0.2) is 0 Å². The number of nitrogens with one attached hydrogen (secondary N) is 1. The summed E-state index contributed by atoms with van der Waals surface area (Å²) in [6, 6.07) is 9.46. The van der Waals surface area contributed by atoms with Gasteiger partial charge in [-0.2, -0.15) is 0 Å². The molecule has 2 aromatic heterocycles. The Morgan fingerprint density at radius 3 is 2.76 bits per heavy atom. The highest BCUT2D eigenvalue weighted by Crippen LogP contribution is 2.04. The van der Waals surface area contributed by atoms with Gasteiger partial charge in [-0.05, 0) is 31.2 Å². The van der Waals surface area contributed by atoms with E-state index < -0.39 is 0 Å². The third-order valence-corrected chi connectivity index (χ3v) is 2.42. The summed E-state index contributed by atoms with van der Waals surface area (Å²) >= 11 is 0. The summed E-state index contributed by atoms with van der Waals surface area (Å²) in [5.74, 6) is 0.597. The molecule has 1 N–H and O–H groups in total. The van der Waals surface area contributed by atoms with Gasteiger partial charge in [-0.15, -0.1) is 0 Å². The van der Waals surface area contributed by atoms with Crippen LogP contribution in [0.25, 0.3) is 0 Å². The molecule has 0 spiro atoms. The molecule has 2 aromatic rings. The molecule has 0 aromatic carbocycles. The molecule has 17 heavy (non-hydrogen) atoms. The Labute approximate surface area is 100 Å². The Kier molecular flexibility index (Phi) is 3.55. The van der Waals surface area contributed by atoms with Crippen LogP contribution in [0, 0.1) is 6.92 Å². The van der Waals surface area contributed by atoms with E-state index in [9.17, 15) is 4.79 Å². The maximum Gasteiger partial charge on any atom is 0.227 e. The molecule has 4 nitrogen and oxygen atoms in total. The van der Waals surface area contributed by atoms with Crippen molar-refractivity contribution in [2.45, 2.75) is 19.9 Å². The number of aryl methyl sites for hydroxylation is 2. The minimum Gasteiger partial charge on any atom is -0.354 e. The molecule has 1 amide bonds. The first-order chi connectivity index (χ1) is 8.24. The van der Waals surface area contributed by atoms with Gasteiger partial charge in [0.2, 0.25) is 5.91 Å². The van der Waals surface area contributed by atoms with E-state index in [1.165, 1.54) is 0 Å². The molecular formula is C13H15N3O. The van der Waals surface area contributed by atoms with Crippen molar-refractivity contribution in [3.05, 3.63) is 48.4 Å². The second-order valence-corrected chi connectivity index (χ2v) is 3.88. The maximum atomic E-state index is 11.7. The second kappa shape index (κ2) is 5.30. The van der Waals surface area contributed by atoms with E-state index in [1.807, 2.05) is 48.1 Å². The number of amides is 1. The number of hydrogen-bond donors (Lipinski definition) is 1. The molecular weight excluding hydrogens is 214 g/mol. The standard InChI is InChI=1S/C13H15N3O/c1-11-5-4-6-12(14-11)15-13(17)7-10-16-8-2-3-9-16/h2-6,8-9H,7,10H2,1H3,(H,14,15,17). The van der Waals surface area contributed by atoms with Crippen LogP contribution in [0.2, 0.25) is 0 Å². The fourth-order valence-electron chi connectivity index (χ4n) is 1.57. The SMILES string of the molecule is Cc1cccc(NC(=O)CCn2cccc2)n1. The average Bonchev–Trinajstić information content (AvgIpc) is 2.79. The van der Waals surface area contributed by atoms with E-state index in [4.69, 9.17) is 0 Å². The van der Waals surface area contributed by atoms with E-state index in [1.54, 1.807) is 6.07 Å². The maximum absolute atomic E-state index is 11.7. The number of carbonyl (C=O) groups is 1. The third-order valence-electron chi connectivity index (χ3n) is 2.42. The van der Waals surface area contributed by atoms with Crippen LogP contribution in [0.4, 0.5) is 5.82 Å². The average molecular weight is 229 g/mol. The summed E-state index contributed by atoms with van der Waals surface area (Å²) in [7, 11) is 0. The zero-order valence-corrected chi connectivity index (χ0v) is 9.76. The quantitative estimate of drug-likeness (QED) is 0.873. The lowest BCUT2D eigenvalue weighted by molar-refractivity contribution is -0.116. The predicted octanol–water partition coefficient (Wildman–Crippen LogP) is 2.22. The van der Waals surface area contributed by atoms with Gasteiger partial charge in [0.05, 0.1) is 0 Å². The molecule has 0 saturated carbocycles. The Balaban J connectivity index is 1.85. The first-order valence-corrected chi connectivity index (χ1v) is 5.58. The molecule has 0 aliphatic rings. The van der Waals surface area contributed by atoms with Crippen LogP contribution in [0.15, 0.2) is 42.7 Å². The third kappa shape index (κ3) is 3.45. The van der Waals surface area contributed by atoms with Gasteiger partial charge in [0, 0.05) is 31.1 Å². The molecule has 2 rings (SSSR count). The summed E-state index contributed by atoms with van der Waals surface area (Å²) in [5, 5.41) is 2.78. The van der Waals surface area contributed by atoms with Crippen LogP contribution in [0.5, 0.6) is 0 Å². The Morgan fingerprint density at radius 2 is 2.06 bits per heavy atom. The lowest BCUT2D eigenvalue weighted by atomic mass is 10.3. The van der Waals surface area contributed by atoms with Crippen molar-refractivity contribution in [2.24, 2.45) is 0 Å². The highest BCUT2D eigenvalue weighted by Gasteiger charge is 2.03. The van der Waals surface area contributed by atoms with E-state index >= 15 is 0 Å². The van der Waals surface area contributed by atoms with E-state index in [-0.39, 0.29) is 5.91 Å². The van der Waals surface area contributed by atoms with Crippen LogP contribution in [0.1, 0.15) is 12.1 Å². The van der Waals surface area contributed by atoms with Crippen molar-refractivity contribution in [1.29, 1.82) is 0 Å². The van der Waals surface area contributed by atoms with Gasteiger partial charge in [-0.3, -0.25) is 4.79 Å². The van der Waals surface area contributed by atoms with Crippen molar-refractivity contribution in [3.63, 3.8) is 0 Å². The summed E-state index contributed by atoms with van der Waals surface area (Å²) in [6.45, 7) is 2.58. The summed E-state index contributed by atoms with van der Waals surface area (Å²) < 4.78 is 1.98. The molecule has 4 heteroatoms. The number of nitrogens with zero attached hydrogens (tertiary/aromatic N) is 2. The largest absolute Gasteiger partial charge is 0.354 e. The fraction of sp³-hybridized carbons (Fsp3) is 0.231. The lowest BCUT2D eigenvalue weighted by Gasteiger charge is -2.05. The molecule has 0 radical (unpaired) electrons. The van der Waals surface area contributed by atoms with Gasteiger partial charge >= 0.3 is 0 Å². The highest BCUT2D eigenvalue weighted by molar-refractivity contribution is 5.89. The van der Waals surface area contributed by atoms with Crippen molar-refractivity contribution in [1.82, 2.24) is 9.55 Å². The summed E-state index contributed by atoms with van der Waals surface area (Å²) in [4.78, 5) is 15.9. The smallest absolute Gasteiger partial charge is 0.227 e. The summed E-state index contributed by atoms with van der Waals surface area (Å²) in [6.07, 6.45) is 4.33. The number of anilines is 1. The number of rotatable bonds is 4. The van der Waals surface area contributed by atoms with Gasteiger partial charge in [0.25, 0.3) is 0 Å². The minimum absolute atomic E-state index is 0.0169. The molecule has 0 unspecified atom stereocenters. The fourth-order valence-corrected chi connectivity index (χ4v) is 1.57. The monoisotopic (exact) mass is 229 g/mol.